The number of thiazole rings is 1. The van der Waals surface area contributed by atoms with Gasteiger partial charge < -0.3 is 35.3 Å². The Bertz CT molecular complexity index is 1030. The number of nitrogens with one attached hydrogen (secondary N) is 1. The number of aliphatic carboxylic acids is 1. The number of thioether (sulfide) groups is 1. The zero-order valence-corrected chi connectivity index (χ0v) is 22.4. The van der Waals surface area contributed by atoms with Crippen molar-refractivity contribution in [3.05, 3.63) is 22.3 Å². The van der Waals surface area contributed by atoms with E-state index in [9.17, 15) is 19.5 Å². The summed E-state index contributed by atoms with van der Waals surface area (Å²) >= 11 is 2.47. The van der Waals surface area contributed by atoms with Crippen LogP contribution in [0.15, 0.2) is 21.8 Å². The molecule has 3 aliphatic heterocycles. The van der Waals surface area contributed by atoms with Crippen molar-refractivity contribution in [3.8, 4) is 0 Å². The second kappa shape index (κ2) is 11.4. The number of nitrogen functional groups attached to an aromatic ring is 1. The van der Waals surface area contributed by atoms with E-state index in [2.05, 4.69) is 15.5 Å². The van der Waals surface area contributed by atoms with E-state index in [4.69, 9.17) is 20.0 Å². The maximum Gasteiger partial charge on any atom is 1.00 e. The third-order valence-electron chi connectivity index (χ3n) is 5.49. The van der Waals surface area contributed by atoms with Crippen molar-refractivity contribution in [2.45, 2.75) is 36.5 Å². The van der Waals surface area contributed by atoms with E-state index in [1.165, 1.54) is 18.9 Å². The maximum absolute atomic E-state index is 12.9. The van der Waals surface area contributed by atoms with Gasteiger partial charge in [-0.25, -0.2) is 4.98 Å². The number of methoxy groups -OCH3 is 1. The minimum atomic E-state index is -1.45. The molecule has 3 N–H and O–H groups in total. The molecule has 178 valence electrons. The molecule has 0 aromatic carbocycles. The van der Waals surface area contributed by atoms with Crippen molar-refractivity contribution in [3.63, 3.8) is 0 Å². The number of fused-ring (bicyclic) bond motifs is 1. The summed E-state index contributed by atoms with van der Waals surface area (Å²) in [6.45, 7) is 0.410. The van der Waals surface area contributed by atoms with Crippen LogP contribution in [0.4, 0.5) is 5.13 Å². The van der Waals surface area contributed by atoms with Gasteiger partial charge in [0.2, 0.25) is 0 Å². The molecule has 0 saturated carbocycles. The summed E-state index contributed by atoms with van der Waals surface area (Å²) in [7, 11) is 2.85. The van der Waals surface area contributed by atoms with Gasteiger partial charge in [0.05, 0.1) is 30.5 Å². The first-order valence-corrected chi connectivity index (χ1v) is 11.9. The van der Waals surface area contributed by atoms with Gasteiger partial charge in [0.1, 0.15) is 24.2 Å². The quantitative estimate of drug-likeness (QED) is 0.148. The normalized spacial score (nSPS) is 26.5. The summed E-state index contributed by atoms with van der Waals surface area (Å²) in [5.74, 6) is -2.37. The number of anilines is 1. The van der Waals surface area contributed by atoms with Crippen LogP contribution in [0.5, 0.6) is 0 Å². The van der Waals surface area contributed by atoms with Gasteiger partial charge in [-0.3, -0.25) is 14.5 Å². The number of hydrogen-bond acceptors (Lipinski definition) is 12. The molecule has 0 bridgehead atoms. The Labute approximate surface area is 225 Å². The van der Waals surface area contributed by atoms with Crippen LogP contribution < -0.4 is 45.7 Å². The molecule has 4 heterocycles. The summed E-state index contributed by atoms with van der Waals surface area (Å²) in [6, 6.07) is -0.942. The summed E-state index contributed by atoms with van der Waals surface area (Å²) in [5, 5.41) is 19.5. The number of carboxylic acid groups (broad SMARTS) is 1. The Morgan fingerprint density at radius 2 is 2.18 bits per heavy atom. The van der Waals surface area contributed by atoms with Crippen LogP contribution in [0.1, 0.15) is 18.5 Å². The largest absolute Gasteiger partial charge is 1.00 e. The Kier molecular flexibility index (Phi) is 9.00. The van der Waals surface area contributed by atoms with Crippen molar-refractivity contribution in [1.29, 1.82) is 0 Å². The minimum absolute atomic E-state index is 0. The number of ether oxygens (including phenoxy) is 2. The molecule has 4 atom stereocenters. The molecule has 1 unspecified atom stereocenters. The third kappa shape index (κ3) is 5.12. The number of carboxylic acids is 1. The number of amides is 2. The molecule has 34 heavy (non-hydrogen) atoms. The molecular formula is C19H22N5NaO7S2. The number of β-lactam (4-membered cyclic amide) rings is 1. The molecule has 12 nitrogen and oxygen atoms in total. The third-order valence-corrected chi connectivity index (χ3v) is 7.46. The monoisotopic (exact) mass is 519 g/mol. The van der Waals surface area contributed by atoms with Crippen LogP contribution in [0, 0.1) is 0 Å². The second-order valence-corrected chi connectivity index (χ2v) is 9.49. The molecule has 0 spiro atoms. The molecule has 1 aromatic rings. The van der Waals surface area contributed by atoms with Crippen molar-refractivity contribution < 1.29 is 63.4 Å². The predicted octanol–water partition coefficient (Wildman–Crippen LogP) is -4.32. The maximum atomic E-state index is 12.9. The van der Waals surface area contributed by atoms with Crippen LogP contribution >= 0.6 is 23.1 Å². The summed E-state index contributed by atoms with van der Waals surface area (Å²) < 4.78 is 11.0. The Balaban J connectivity index is 0.00000324. The number of carbonyl (C=O) groups is 3. The minimum Gasteiger partial charge on any atom is -0.543 e. The average molecular weight is 520 g/mol. The first kappa shape index (κ1) is 26.9. The van der Waals surface area contributed by atoms with Crippen LogP contribution in [0.3, 0.4) is 0 Å². The predicted molar refractivity (Wildman–Crippen MR) is 117 cm³/mol. The molecule has 1 aromatic heterocycles. The smallest absolute Gasteiger partial charge is 0.543 e. The van der Waals surface area contributed by atoms with E-state index in [0.717, 1.165) is 22.7 Å². The van der Waals surface area contributed by atoms with Crippen LogP contribution in [0.25, 0.3) is 0 Å². The number of rotatable bonds is 8. The first-order chi connectivity index (χ1) is 15.8. The van der Waals surface area contributed by atoms with Crippen molar-refractivity contribution in [2.24, 2.45) is 5.16 Å². The van der Waals surface area contributed by atoms with Crippen molar-refractivity contribution in [1.82, 2.24) is 15.2 Å². The molecule has 2 saturated heterocycles. The van der Waals surface area contributed by atoms with Crippen molar-refractivity contribution in [2.75, 3.05) is 32.3 Å². The van der Waals surface area contributed by atoms with Gasteiger partial charge in [-0.1, -0.05) is 5.16 Å². The topological polar surface area (TPSA) is 169 Å². The second-order valence-electron chi connectivity index (χ2n) is 7.50. The molecule has 3 aliphatic rings. The average Bonchev–Trinajstić information content (AvgIpc) is 3.43. The van der Waals surface area contributed by atoms with Gasteiger partial charge in [-0.2, -0.15) is 0 Å². The number of aromatic nitrogens is 1. The van der Waals surface area contributed by atoms with Gasteiger partial charge >= 0.3 is 29.6 Å². The number of nitrogens with zero attached hydrogens (tertiary/aromatic N) is 3. The van der Waals surface area contributed by atoms with Gasteiger partial charge in [-0.05, 0) is 18.4 Å². The standard InChI is InChI=1S/C19H23N5O7S2.Na/c1-29-5-8-3-4-11(31-8)9-6-32-17-13(16(26)24(17)14(9)18(27)28)22-15(25)12(23-30-2)10-7-33-19(20)21-10;/h7-8,11,13,17H,3-6H2,1-2H3,(H2,20,21)(H,22,25)(H,27,28);/q;+1/p-1/b23-12-;/t8-,11?,13+,17+;/m0./s1. The van der Waals surface area contributed by atoms with E-state index >= 15 is 0 Å². The molecular weight excluding hydrogens is 497 g/mol. The zero-order chi connectivity index (χ0) is 23.7. The number of oxime groups is 1. The molecule has 0 aliphatic carbocycles. The zero-order valence-electron chi connectivity index (χ0n) is 18.8. The van der Waals surface area contributed by atoms with Crippen LogP contribution in [0.2, 0.25) is 0 Å². The molecule has 2 amide bonds. The van der Waals surface area contributed by atoms with E-state index in [0.29, 0.717) is 24.4 Å². The Morgan fingerprint density at radius 3 is 2.79 bits per heavy atom. The summed E-state index contributed by atoms with van der Waals surface area (Å²) in [4.78, 5) is 47.6. The molecule has 0 radical (unpaired) electrons. The summed E-state index contributed by atoms with van der Waals surface area (Å²) in [5.41, 5.74) is 6.01. The number of nitrogens with two attached hydrogens (primary N) is 1. The number of carbonyl (C=O) groups excluding carboxylic acids is 3. The van der Waals surface area contributed by atoms with Crippen LogP contribution in [-0.4, -0.2) is 83.6 Å². The molecule has 4 rings (SSSR count). The van der Waals surface area contributed by atoms with Crippen LogP contribution in [-0.2, 0) is 28.7 Å². The van der Waals surface area contributed by atoms with E-state index in [-0.39, 0.29) is 57.9 Å². The van der Waals surface area contributed by atoms with Gasteiger partial charge in [0, 0.05) is 18.2 Å². The molecule has 2 fully saturated rings. The van der Waals surface area contributed by atoms with E-state index < -0.39 is 35.3 Å². The van der Waals surface area contributed by atoms with Gasteiger partial charge in [0.25, 0.3) is 11.8 Å². The van der Waals surface area contributed by atoms with E-state index in [1.54, 1.807) is 12.5 Å². The Morgan fingerprint density at radius 1 is 1.41 bits per heavy atom. The first-order valence-electron chi connectivity index (χ1n) is 10.0. The fourth-order valence-electron chi connectivity index (χ4n) is 4.05. The Hall–Kier alpha value is -1.68. The fraction of sp³-hybridized carbons (Fsp3) is 0.526. The molecule has 15 heteroatoms. The van der Waals surface area contributed by atoms with Crippen molar-refractivity contribution >= 4 is 51.7 Å². The van der Waals surface area contributed by atoms with Gasteiger partial charge in [-0.15, -0.1) is 23.1 Å². The van der Waals surface area contributed by atoms with Gasteiger partial charge in [0.15, 0.2) is 10.8 Å². The summed E-state index contributed by atoms with van der Waals surface area (Å²) in [6.07, 6.45) is 0.798. The SMILES string of the molecule is COC[C@@H]1CCC(C2=C(C(=O)[O-])N3C(=O)[C@@H](NC(=O)/C(=N\OC)c4csc(N)n4)[C@H]3SC2)O1.[Na+]. The van der Waals surface area contributed by atoms with E-state index in [1.807, 2.05) is 0 Å². The fourth-order valence-corrected chi connectivity index (χ4v) is 6.01. The number of hydrogen-bond donors (Lipinski definition) is 2.